The summed E-state index contributed by atoms with van der Waals surface area (Å²) in [4.78, 5) is 16.9. The first-order valence-electron chi connectivity index (χ1n) is 5.95. The van der Waals surface area contributed by atoms with E-state index >= 15 is 0 Å². The van der Waals surface area contributed by atoms with Crippen molar-refractivity contribution in [2.45, 2.75) is 0 Å². The molecule has 0 radical (unpaired) electrons. The van der Waals surface area contributed by atoms with Crippen LogP contribution in [0.4, 0.5) is 11.4 Å². The maximum Gasteiger partial charge on any atom is 0.267 e. The standard InChI is InChI=1S/C14H9Cl2N3OS/c15-7-3-4-9(8(16)6-7)19-14(20)13-11(17)12-10(21-13)2-1-5-18-12/h1-6H,17H2,(H,19,20). The van der Waals surface area contributed by atoms with Gasteiger partial charge in [0.1, 0.15) is 10.4 Å². The van der Waals surface area contributed by atoms with Crippen molar-refractivity contribution in [3.8, 4) is 0 Å². The highest BCUT2D eigenvalue weighted by molar-refractivity contribution is 7.21. The monoisotopic (exact) mass is 337 g/mol. The number of aromatic nitrogens is 1. The number of halogens is 2. The molecule has 0 saturated carbocycles. The van der Waals surface area contributed by atoms with Gasteiger partial charge in [-0.15, -0.1) is 11.3 Å². The van der Waals surface area contributed by atoms with E-state index in [9.17, 15) is 4.79 Å². The van der Waals surface area contributed by atoms with Crippen LogP contribution in [0.2, 0.25) is 10.0 Å². The number of pyridine rings is 1. The second-order valence-corrected chi connectivity index (χ2v) is 6.17. The molecule has 0 spiro atoms. The summed E-state index contributed by atoms with van der Waals surface area (Å²) >= 11 is 13.2. The zero-order chi connectivity index (χ0) is 15.0. The molecule has 7 heteroatoms. The highest BCUT2D eigenvalue weighted by Gasteiger charge is 2.18. The zero-order valence-corrected chi connectivity index (χ0v) is 12.9. The van der Waals surface area contributed by atoms with Gasteiger partial charge in [-0.3, -0.25) is 9.78 Å². The molecule has 3 N–H and O–H groups in total. The highest BCUT2D eigenvalue weighted by atomic mass is 35.5. The number of amides is 1. The topological polar surface area (TPSA) is 68.0 Å². The Balaban J connectivity index is 1.95. The van der Waals surface area contributed by atoms with E-state index in [0.29, 0.717) is 31.8 Å². The summed E-state index contributed by atoms with van der Waals surface area (Å²) < 4.78 is 0.863. The molecule has 21 heavy (non-hydrogen) atoms. The first-order valence-corrected chi connectivity index (χ1v) is 7.53. The second kappa shape index (κ2) is 5.52. The summed E-state index contributed by atoms with van der Waals surface area (Å²) in [5, 5.41) is 3.60. The van der Waals surface area contributed by atoms with Gasteiger partial charge in [0.15, 0.2) is 0 Å². The predicted molar refractivity (Wildman–Crippen MR) is 88.4 cm³/mol. The number of thiophene rings is 1. The summed E-state index contributed by atoms with van der Waals surface area (Å²) in [6, 6.07) is 8.53. The zero-order valence-electron chi connectivity index (χ0n) is 10.6. The van der Waals surface area contributed by atoms with Gasteiger partial charge >= 0.3 is 0 Å². The number of nitrogens with one attached hydrogen (secondary N) is 1. The van der Waals surface area contributed by atoms with Crippen molar-refractivity contribution in [2.24, 2.45) is 0 Å². The molecule has 3 rings (SSSR count). The summed E-state index contributed by atoms with van der Waals surface area (Å²) in [6.07, 6.45) is 1.64. The normalized spacial score (nSPS) is 10.8. The second-order valence-electron chi connectivity index (χ2n) is 4.27. The van der Waals surface area contributed by atoms with Crippen LogP contribution in [0.3, 0.4) is 0 Å². The molecule has 2 aromatic heterocycles. The van der Waals surface area contributed by atoms with Crippen LogP contribution in [0.1, 0.15) is 9.67 Å². The summed E-state index contributed by atoms with van der Waals surface area (Å²) in [5.74, 6) is -0.320. The number of carbonyl (C=O) groups is 1. The fourth-order valence-corrected chi connectivity index (χ4v) is 3.32. The first kappa shape index (κ1) is 14.1. The fraction of sp³-hybridized carbons (Fsp3) is 0. The minimum Gasteiger partial charge on any atom is -0.396 e. The number of nitrogen functional groups attached to an aromatic ring is 1. The lowest BCUT2D eigenvalue weighted by Gasteiger charge is -2.06. The van der Waals surface area contributed by atoms with Crippen LogP contribution in [0.15, 0.2) is 36.5 Å². The molecule has 106 valence electrons. The van der Waals surface area contributed by atoms with Gasteiger partial charge in [0.05, 0.1) is 21.1 Å². The van der Waals surface area contributed by atoms with Gasteiger partial charge < -0.3 is 11.1 Å². The van der Waals surface area contributed by atoms with Gasteiger partial charge in [0.25, 0.3) is 5.91 Å². The molecule has 2 heterocycles. The van der Waals surface area contributed by atoms with Gasteiger partial charge in [0, 0.05) is 11.2 Å². The summed E-state index contributed by atoms with van der Waals surface area (Å²) in [5.41, 5.74) is 7.48. The lowest BCUT2D eigenvalue weighted by molar-refractivity contribution is 0.103. The van der Waals surface area contributed by atoms with E-state index in [1.165, 1.54) is 11.3 Å². The average Bonchev–Trinajstić information content (AvgIpc) is 2.80. The van der Waals surface area contributed by atoms with E-state index in [1.54, 1.807) is 30.5 Å². The summed E-state index contributed by atoms with van der Waals surface area (Å²) in [7, 11) is 0. The van der Waals surface area contributed by atoms with Crippen molar-refractivity contribution < 1.29 is 4.79 Å². The van der Waals surface area contributed by atoms with Gasteiger partial charge in [0.2, 0.25) is 0 Å². The SMILES string of the molecule is Nc1c(C(=O)Nc2ccc(Cl)cc2Cl)sc2cccnc12. The molecular formula is C14H9Cl2N3OS. The van der Waals surface area contributed by atoms with E-state index in [4.69, 9.17) is 28.9 Å². The number of nitrogens with two attached hydrogens (primary N) is 1. The van der Waals surface area contributed by atoms with Crippen molar-refractivity contribution in [3.05, 3.63) is 51.5 Å². The Bertz CT molecular complexity index is 847. The molecule has 0 atom stereocenters. The molecule has 0 aliphatic rings. The van der Waals surface area contributed by atoms with Crippen LogP contribution >= 0.6 is 34.5 Å². The van der Waals surface area contributed by atoms with Crippen molar-refractivity contribution in [3.63, 3.8) is 0 Å². The molecule has 0 aliphatic carbocycles. The summed E-state index contributed by atoms with van der Waals surface area (Å²) in [6.45, 7) is 0. The molecule has 0 saturated heterocycles. The Kier molecular flexibility index (Phi) is 3.71. The van der Waals surface area contributed by atoms with E-state index in [1.807, 2.05) is 6.07 Å². The molecule has 1 amide bonds. The van der Waals surface area contributed by atoms with E-state index in [-0.39, 0.29) is 5.91 Å². The van der Waals surface area contributed by atoms with Crippen LogP contribution in [0.25, 0.3) is 10.2 Å². The maximum absolute atomic E-state index is 12.3. The lowest BCUT2D eigenvalue weighted by atomic mass is 10.3. The smallest absolute Gasteiger partial charge is 0.267 e. The number of anilines is 2. The molecule has 3 aromatic rings. The number of hydrogen-bond acceptors (Lipinski definition) is 4. The van der Waals surface area contributed by atoms with Crippen molar-refractivity contribution in [1.29, 1.82) is 0 Å². The molecule has 0 aliphatic heterocycles. The van der Waals surface area contributed by atoms with Gasteiger partial charge in [-0.05, 0) is 30.3 Å². The van der Waals surface area contributed by atoms with E-state index < -0.39 is 0 Å². The van der Waals surface area contributed by atoms with E-state index in [2.05, 4.69) is 10.3 Å². The van der Waals surface area contributed by atoms with Crippen LogP contribution in [0.5, 0.6) is 0 Å². The van der Waals surface area contributed by atoms with Crippen LogP contribution in [-0.2, 0) is 0 Å². The number of benzene rings is 1. The number of rotatable bonds is 2. The fourth-order valence-electron chi connectivity index (χ4n) is 1.89. The molecular weight excluding hydrogens is 329 g/mol. The lowest BCUT2D eigenvalue weighted by Crippen LogP contribution is -2.12. The number of hydrogen-bond donors (Lipinski definition) is 2. The molecule has 0 bridgehead atoms. The largest absolute Gasteiger partial charge is 0.396 e. The molecule has 4 nitrogen and oxygen atoms in total. The quantitative estimate of drug-likeness (QED) is 0.726. The molecule has 1 aromatic carbocycles. The first-order chi connectivity index (χ1) is 10.1. The van der Waals surface area contributed by atoms with Crippen LogP contribution in [-0.4, -0.2) is 10.9 Å². The van der Waals surface area contributed by atoms with Gasteiger partial charge in [-0.2, -0.15) is 0 Å². The third-order valence-corrected chi connectivity index (χ3v) is 4.57. The Morgan fingerprint density at radius 2 is 2.10 bits per heavy atom. The third kappa shape index (κ3) is 2.68. The van der Waals surface area contributed by atoms with Gasteiger partial charge in [-0.1, -0.05) is 23.2 Å². The van der Waals surface area contributed by atoms with Crippen LogP contribution < -0.4 is 11.1 Å². The van der Waals surface area contributed by atoms with Crippen molar-refractivity contribution in [2.75, 3.05) is 11.1 Å². The number of nitrogens with zero attached hydrogens (tertiary/aromatic N) is 1. The number of carbonyl (C=O) groups excluding carboxylic acids is 1. The molecule has 0 unspecified atom stereocenters. The van der Waals surface area contributed by atoms with Crippen LogP contribution in [0, 0.1) is 0 Å². The van der Waals surface area contributed by atoms with Crippen molar-refractivity contribution >= 4 is 62.0 Å². The molecule has 0 fully saturated rings. The maximum atomic E-state index is 12.3. The van der Waals surface area contributed by atoms with Gasteiger partial charge in [-0.25, -0.2) is 0 Å². The minimum absolute atomic E-state index is 0.320. The Morgan fingerprint density at radius 1 is 1.29 bits per heavy atom. The minimum atomic E-state index is -0.320. The Hall–Kier alpha value is -1.82. The third-order valence-electron chi connectivity index (χ3n) is 2.87. The Labute approximate surface area is 134 Å². The van der Waals surface area contributed by atoms with E-state index in [0.717, 1.165) is 4.70 Å². The average molecular weight is 338 g/mol. The highest BCUT2D eigenvalue weighted by Crippen LogP contribution is 2.33. The Morgan fingerprint density at radius 3 is 2.81 bits per heavy atom. The number of fused-ring (bicyclic) bond motifs is 1. The van der Waals surface area contributed by atoms with Crippen molar-refractivity contribution in [1.82, 2.24) is 4.98 Å². The predicted octanol–water partition coefficient (Wildman–Crippen LogP) is 4.44.